The molecule has 0 spiro atoms. The highest BCUT2D eigenvalue weighted by Gasteiger charge is 2.48. The molecule has 0 atom stereocenters. The summed E-state index contributed by atoms with van der Waals surface area (Å²) in [5.74, 6) is 0. The van der Waals surface area contributed by atoms with Crippen molar-refractivity contribution < 1.29 is 0 Å². The predicted octanol–water partition coefficient (Wildman–Crippen LogP) is 13.9. The molecule has 3 heterocycles. The van der Waals surface area contributed by atoms with Gasteiger partial charge in [0.25, 0.3) is 6.71 Å². The number of aryl methyl sites for hydroxylation is 1. The number of nitrogens with zero attached hydrogens (tertiary/aromatic N) is 2. The fourth-order valence-corrected chi connectivity index (χ4v) is 11.6. The quantitative estimate of drug-likeness (QED) is 0.165. The monoisotopic (exact) mass is 788 g/mol. The number of thiophene rings is 1. The van der Waals surface area contributed by atoms with Crippen molar-refractivity contribution in [1.29, 1.82) is 0 Å². The summed E-state index contributed by atoms with van der Waals surface area (Å²) >= 11 is 2.00. The zero-order chi connectivity index (χ0) is 41.4. The minimum atomic E-state index is 0.0179. The fourth-order valence-electron chi connectivity index (χ4n) is 10.3. The fraction of sp³-hybridized carbons (Fsp3) is 0.309. The Morgan fingerprint density at radius 2 is 1.17 bits per heavy atom. The normalized spacial score (nSPS) is 16.4. The largest absolute Gasteiger partial charge is 0.311 e. The summed E-state index contributed by atoms with van der Waals surface area (Å²) < 4.78 is 2.78. The lowest BCUT2D eigenvalue weighted by Crippen LogP contribution is -2.61. The van der Waals surface area contributed by atoms with Crippen molar-refractivity contribution in [3.05, 3.63) is 149 Å². The first-order valence-corrected chi connectivity index (χ1v) is 22.5. The maximum absolute atomic E-state index is 2.67. The third-order valence-electron chi connectivity index (χ3n) is 13.9. The molecule has 1 aliphatic carbocycles. The van der Waals surface area contributed by atoms with Crippen molar-refractivity contribution in [2.24, 2.45) is 0 Å². The summed E-state index contributed by atoms with van der Waals surface area (Å²) in [7, 11) is 0. The summed E-state index contributed by atoms with van der Waals surface area (Å²) in [5, 5.41) is 1.34. The van der Waals surface area contributed by atoms with E-state index in [0.29, 0.717) is 0 Å². The number of rotatable bonds is 3. The van der Waals surface area contributed by atoms with Crippen LogP contribution in [0.5, 0.6) is 0 Å². The molecule has 0 saturated heterocycles. The van der Waals surface area contributed by atoms with Gasteiger partial charge in [-0.1, -0.05) is 142 Å². The molecule has 0 N–H and O–H groups in total. The van der Waals surface area contributed by atoms with Crippen LogP contribution in [-0.4, -0.2) is 6.71 Å². The highest BCUT2D eigenvalue weighted by Crippen LogP contribution is 2.53. The van der Waals surface area contributed by atoms with Crippen LogP contribution in [0.2, 0.25) is 0 Å². The van der Waals surface area contributed by atoms with Gasteiger partial charge < -0.3 is 9.80 Å². The number of benzene rings is 6. The second kappa shape index (κ2) is 13.0. The predicted molar refractivity (Wildman–Crippen MR) is 259 cm³/mol. The average molecular weight is 789 g/mol. The lowest BCUT2D eigenvalue weighted by Gasteiger charge is -2.47. The van der Waals surface area contributed by atoms with Gasteiger partial charge in [-0.25, -0.2) is 0 Å². The van der Waals surface area contributed by atoms with Gasteiger partial charge in [-0.3, -0.25) is 0 Å². The minimum Gasteiger partial charge on any atom is -0.311 e. The van der Waals surface area contributed by atoms with Crippen molar-refractivity contribution in [3.63, 3.8) is 0 Å². The molecule has 296 valence electrons. The SMILES string of the molecule is Cc1cc2c3c(c1)N(c1ccccc1-c1ccccc1)c1c(sc4ccc(C(C)(C)C)cc14)B3c1cc3c(cc1N2c1ccc(C(C)(C)C)cc1)C(C)(C)CCC3(C)C. The molecule has 6 aromatic carbocycles. The molecule has 0 bridgehead atoms. The van der Waals surface area contributed by atoms with E-state index in [9.17, 15) is 0 Å². The van der Waals surface area contributed by atoms with Crippen LogP contribution in [0.15, 0.2) is 121 Å². The van der Waals surface area contributed by atoms with Crippen molar-refractivity contribution in [2.75, 3.05) is 9.80 Å². The number of fused-ring (bicyclic) bond motifs is 7. The molecule has 0 saturated carbocycles. The molecule has 0 unspecified atom stereocenters. The van der Waals surface area contributed by atoms with E-state index in [2.05, 4.69) is 207 Å². The Morgan fingerprint density at radius 1 is 0.576 bits per heavy atom. The molecule has 0 radical (unpaired) electrons. The molecular formula is C55H57BN2S. The maximum atomic E-state index is 2.67. The first kappa shape index (κ1) is 38.2. The standard InChI is InChI=1S/C55H57BN2S/c1-34-29-46-49-47(30-34)58(44-20-16-15-19-39(44)35-17-13-12-14-18-35)50-40-31-37(53(5,6)7)23-26-48(40)59-51(50)56(49)43-32-41-42(55(10,11)28-27-54(41,8)9)33-45(43)57(46)38-24-21-36(22-25-38)52(2,3)4/h12-26,29-33H,27-28H2,1-11H3. The van der Waals surface area contributed by atoms with Crippen LogP contribution in [-0.2, 0) is 21.7 Å². The van der Waals surface area contributed by atoms with E-state index in [-0.39, 0.29) is 28.4 Å². The van der Waals surface area contributed by atoms with Crippen molar-refractivity contribution >= 4 is 78.0 Å². The van der Waals surface area contributed by atoms with Crippen LogP contribution in [0.1, 0.15) is 110 Å². The molecule has 59 heavy (non-hydrogen) atoms. The van der Waals surface area contributed by atoms with Gasteiger partial charge in [0.15, 0.2) is 0 Å². The number of para-hydroxylation sites is 1. The Balaban J connectivity index is 1.35. The van der Waals surface area contributed by atoms with Gasteiger partial charge in [-0.2, -0.15) is 0 Å². The van der Waals surface area contributed by atoms with Crippen LogP contribution in [0.3, 0.4) is 0 Å². The van der Waals surface area contributed by atoms with Gasteiger partial charge in [0.05, 0.1) is 11.4 Å². The van der Waals surface area contributed by atoms with E-state index in [0.717, 1.165) is 0 Å². The van der Waals surface area contributed by atoms with Gasteiger partial charge in [0, 0.05) is 43.2 Å². The van der Waals surface area contributed by atoms with Gasteiger partial charge >= 0.3 is 0 Å². The molecule has 2 aliphatic heterocycles. The van der Waals surface area contributed by atoms with E-state index in [1.54, 1.807) is 0 Å². The zero-order valence-corrected chi connectivity index (χ0v) is 37.7. The Morgan fingerprint density at radius 3 is 1.83 bits per heavy atom. The summed E-state index contributed by atoms with van der Waals surface area (Å²) in [6.07, 6.45) is 2.37. The van der Waals surface area contributed by atoms with E-state index in [4.69, 9.17) is 0 Å². The Bertz CT molecular complexity index is 2810. The van der Waals surface area contributed by atoms with E-state index in [1.807, 2.05) is 11.3 Å². The molecular weight excluding hydrogens is 731 g/mol. The Labute approximate surface area is 357 Å². The molecule has 10 rings (SSSR count). The molecule has 4 heteroatoms. The summed E-state index contributed by atoms with van der Waals surface area (Å²) in [6, 6.07) is 47.0. The van der Waals surface area contributed by atoms with Gasteiger partial charge in [-0.05, 0) is 134 Å². The molecule has 0 amide bonds. The lowest BCUT2D eigenvalue weighted by molar-refractivity contribution is 0.332. The van der Waals surface area contributed by atoms with E-state index < -0.39 is 0 Å². The zero-order valence-electron chi connectivity index (χ0n) is 36.8. The highest BCUT2D eigenvalue weighted by atomic mass is 32.1. The van der Waals surface area contributed by atoms with Gasteiger partial charge in [0.1, 0.15) is 0 Å². The minimum absolute atomic E-state index is 0.0179. The smallest absolute Gasteiger partial charge is 0.264 e. The molecule has 2 nitrogen and oxygen atoms in total. The first-order chi connectivity index (χ1) is 27.9. The van der Waals surface area contributed by atoms with Crippen LogP contribution >= 0.6 is 11.3 Å². The third-order valence-corrected chi connectivity index (χ3v) is 15.1. The Hall–Kier alpha value is -5.06. The second-order valence-electron chi connectivity index (χ2n) is 21.0. The van der Waals surface area contributed by atoms with Gasteiger partial charge in [0.2, 0.25) is 0 Å². The Kier molecular flexibility index (Phi) is 8.39. The third kappa shape index (κ3) is 5.95. The van der Waals surface area contributed by atoms with Crippen molar-refractivity contribution in [1.82, 2.24) is 0 Å². The number of anilines is 6. The molecule has 0 fully saturated rings. The van der Waals surface area contributed by atoms with Crippen LogP contribution in [0.4, 0.5) is 34.1 Å². The summed E-state index contributed by atoms with van der Waals surface area (Å²) in [5.41, 5.74) is 20.2. The van der Waals surface area contributed by atoms with E-state index >= 15 is 0 Å². The van der Waals surface area contributed by atoms with Crippen molar-refractivity contribution in [2.45, 2.75) is 111 Å². The summed E-state index contributed by atoms with van der Waals surface area (Å²) in [4.78, 5) is 5.28. The maximum Gasteiger partial charge on any atom is 0.264 e. The van der Waals surface area contributed by atoms with Crippen molar-refractivity contribution in [3.8, 4) is 11.1 Å². The van der Waals surface area contributed by atoms with Gasteiger partial charge in [-0.15, -0.1) is 11.3 Å². The number of hydrogen-bond acceptors (Lipinski definition) is 3. The van der Waals surface area contributed by atoms with Crippen LogP contribution in [0.25, 0.3) is 21.2 Å². The highest BCUT2D eigenvalue weighted by molar-refractivity contribution is 7.33. The van der Waals surface area contributed by atoms with E-state index in [1.165, 1.54) is 112 Å². The molecule has 1 aromatic heterocycles. The molecule has 3 aliphatic rings. The second-order valence-corrected chi connectivity index (χ2v) is 22.1. The lowest BCUT2D eigenvalue weighted by atomic mass is 9.35. The first-order valence-electron chi connectivity index (χ1n) is 21.7. The topological polar surface area (TPSA) is 6.48 Å². The molecule has 7 aromatic rings. The van der Waals surface area contributed by atoms with Crippen LogP contribution in [0, 0.1) is 6.92 Å². The average Bonchev–Trinajstić information content (AvgIpc) is 3.57. The number of hydrogen-bond donors (Lipinski definition) is 0. The van der Waals surface area contributed by atoms with Crippen LogP contribution < -0.4 is 25.5 Å². The summed E-state index contributed by atoms with van der Waals surface area (Å²) in [6.45, 7) is 26.2.